The number of fused-ring (bicyclic) bond motifs is 3. The van der Waals surface area contributed by atoms with E-state index >= 15 is 0 Å². The molecule has 1 aliphatic carbocycles. The van der Waals surface area contributed by atoms with Crippen LogP contribution in [-0.2, 0) is 12.8 Å². The molecule has 2 aromatic rings. The summed E-state index contributed by atoms with van der Waals surface area (Å²) in [5.41, 5.74) is 2.26. The van der Waals surface area contributed by atoms with Crippen molar-refractivity contribution in [2.24, 2.45) is 0 Å². The van der Waals surface area contributed by atoms with Gasteiger partial charge in [0, 0.05) is 17.1 Å². The molecule has 0 unspecified atom stereocenters. The Morgan fingerprint density at radius 3 is 2.39 bits per heavy atom. The lowest BCUT2D eigenvalue weighted by Gasteiger charge is -2.10. The number of aryl methyl sites for hydroxylation is 1. The Morgan fingerprint density at radius 2 is 1.72 bits per heavy atom. The highest BCUT2D eigenvalue weighted by atomic mass is 16.4. The Morgan fingerprint density at radius 1 is 1.06 bits per heavy atom. The number of rotatable bonds is 2. The number of benzene rings is 1. The van der Waals surface area contributed by atoms with Crippen LogP contribution in [0.4, 0.5) is 0 Å². The number of hydrogen-bond donors (Lipinski definition) is 3. The predicted molar refractivity (Wildman–Crippen MR) is 64.2 cm³/mol. The summed E-state index contributed by atoms with van der Waals surface area (Å²) in [4.78, 5) is 25.8. The Hall–Kier alpha value is -2.30. The second-order valence-corrected chi connectivity index (χ2v) is 4.44. The SMILES string of the molecule is O=C(O)c1c2c(c3[nH]ccc3c1C(=O)O)CCC2. The van der Waals surface area contributed by atoms with Gasteiger partial charge in [-0.25, -0.2) is 9.59 Å². The topological polar surface area (TPSA) is 90.4 Å². The van der Waals surface area contributed by atoms with E-state index in [0.29, 0.717) is 17.4 Å². The van der Waals surface area contributed by atoms with Gasteiger partial charge in [0.15, 0.2) is 0 Å². The minimum atomic E-state index is -1.19. The van der Waals surface area contributed by atoms with Crippen LogP contribution in [-0.4, -0.2) is 27.1 Å². The first-order chi connectivity index (χ1) is 8.61. The molecule has 92 valence electrons. The van der Waals surface area contributed by atoms with Crippen molar-refractivity contribution < 1.29 is 19.8 Å². The van der Waals surface area contributed by atoms with Crippen LogP contribution in [0.1, 0.15) is 38.3 Å². The van der Waals surface area contributed by atoms with E-state index in [1.54, 1.807) is 12.3 Å². The minimum Gasteiger partial charge on any atom is -0.478 e. The van der Waals surface area contributed by atoms with E-state index in [1.165, 1.54) is 0 Å². The van der Waals surface area contributed by atoms with Gasteiger partial charge >= 0.3 is 11.9 Å². The zero-order chi connectivity index (χ0) is 12.9. The van der Waals surface area contributed by atoms with E-state index in [9.17, 15) is 19.8 Å². The van der Waals surface area contributed by atoms with Gasteiger partial charge in [0.1, 0.15) is 0 Å². The highest BCUT2D eigenvalue weighted by Crippen LogP contribution is 2.35. The summed E-state index contributed by atoms with van der Waals surface area (Å²) in [7, 11) is 0. The van der Waals surface area contributed by atoms with E-state index in [-0.39, 0.29) is 11.1 Å². The van der Waals surface area contributed by atoms with Crippen LogP contribution >= 0.6 is 0 Å². The number of H-pyrrole nitrogens is 1. The minimum absolute atomic E-state index is 0.0397. The summed E-state index contributed by atoms with van der Waals surface area (Å²) in [6.45, 7) is 0. The maximum Gasteiger partial charge on any atom is 0.337 e. The van der Waals surface area contributed by atoms with Crippen LogP contribution < -0.4 is 0 Å². The Labute approximate surface area is 102 Å². The average Bonchev–Trinajstić information content (AvgIpc) is 2.93. The molecule has 1 aromatic heterocycles. The molecule has 3 rings (SSSR count). The fourth-order valence-corrected chi connectivity index (χ4v) is 2.87. The largest absolute Gasteiger partial charge is 0.478 e. The number of carboxylic acid groups (broad SMARTS) is 2. The lowest BCUT2D eigenvalue weighted by molar-refractivity contribution is 0.0652. The quantitative estimate of drug-likeness (QED) is 0.755. The second-order valence-electron chi connectivity index (χ2n) is 4.44. The van der Waals surface area contributed by atoms with E-state index in [0.717, 1.165) is 23.9 Å². The van der Waals surface area contributed by atoms with Crippen molar-refractivity contribution in [1.29, 1.82) is 0 Å². The van der Waals surface area contributed by atoms with Crippen molar-refractivity contribution in [3.63, 3.8) is 0 Å². The molecule has 0 aliphatic heterocycles. The zero-order valence-electron chi connectivity index (χ0n) is 9.49. The first-order valence-electron chi connectivity index (χ1n) is 5.72. The van der Waals surface area contributed by atoms with E-state index in [2.05, 4.69) is 4.98 Å². The van der Waals surface area contributed by atoms with Gasteiger partial charge in [-0.2, -0.15) is 0 Å². The van der Waals surface area contributed by atoms with Crippen molar-refractivity contribution in [2.75, 3.05) is 0 Å². The van der Waals surface area contributed by atoms with Crippen molar-refractivity contribution in [2.45, 2.75) is 19.3 Å². The molecule has 1 heterocycles. The molecule has 0 atom stereocenters. The molecule has 1 aromatic carbocycles. The number of hydrogen-bond acceptors (Lipinski definition) is 2. The lowest BCUT2D eigenvalue weighted by Crippen LogP contribution is -2.12. The molecule has 3 N–H and O–H groups in total. The van der Waals surface area contributed by atoms with Crippen LogP contribution in [0.15, 0.2) is 12.3 Å². The van der Waals surface area contributed by atoms with Gasteiger partial charge in [0.25, 0.3) is 0 Å². The molecule has 1 aliphatic rings. The highest BCUT2D eigenvalue weighted by Gasteiger charge is 2.29. The second kappa shape index (κ2) is 3.60. The number of carbonyl (C=O) groups is 2. The van der Waals surface area contributed by atoms with Crippen molar-refractivity contribution in [1.82, 2.24) is 4.98 Å². The molecule has 0 spiro atoms. The van der Waals surface area contributed by atoms with E-state index < -0.39 is 11.9 Å². The first kappa shape index (κ1) is 10.8. The number of aromatic amines is 1. The van der Waals surface area contributed by atoms with E-state index in [1.807, 2.05) is 0 Å². The molecule has 0 bridgehead atoms. The van der Waals surface area contributed by atoms with Crippen LogP contribution in [0.25, 0.3) is 10.9 Å². The molecule has 0 saturated carbocycles. The normalized spacial score (nSPS) is 13.8. The lowest BCUT2D eigenvalue weighted by atomic mass is 9.94. The summed E-state index contributed by atoms with van der Waals surface area (Å²) >= 11 is 0. The number of carboxylic acids is 2. The van der Waals surface area contributed by atoms with Crippen molar-refractivity contribution in [3.05, 3.63) is 34.5 Å². The Balaban J connectivity index is 2.53. The maximum atomic E-state index is 11.4. The molecule has 5 nitrogen and oxygen atoms in total. The van der Waals surface area contributed by atoms with Crippen molar-refractivity contribution >= 4 is 22.8 Å². The third-order valence-electron chi connectivity index (χ3n) is 3.52. The number of aromatic carboxylic acids is 2. The standard InChI is InChI=1S/C13H11NO4/c15-12(16)9-6-2-1-3-7(6)11-8(4-5-14-11)10(9)13(17)18/h4-5,14H,1-3H2,(H,15,16)(H,17,18). The van der Waals surface area contributed by atoms with Crippen LogP contribution in [0.5, 0.6) is 0 Å². The zero-order valence-corrected chi connectivity index (χ0v) is 9.49. The van der Waals surface area contributed by atoms with Gasteiger partial charge in [0.05, 0.1) is 11.1 Å². The third kappa shape index (κ3) is 1.27. The smallest absolute Gasteiger partial charge is 0.337 e. The van der Waals surface area contributed by atoms with Crippen LogP contribution in [0.3, 0.4) is 0 Å². The van der Waals surface area contributed by atoms with E-state index in [4.69, 9.17) is 0 Å². The van der Waals surface area contributed by atoms with Gasteiger partial charge < -0.3 is 15.2 Å². The van der Waals surface area contributed by atoms with Crippen molar-refractivity contribution in [3.8, 4) is 0 Å². The fraction of sp³-hybridized carbons (Fsp3) is 0.231. The molecule has 0 amide bonds. The number of aromatic nitrogens is 1. The molecule has 18 heavy (non-hydrogen) atoms. The third-order valence-corrected chi connectivity index (χ3v) is 3.52. The summed E-state index contributed by atoms with van der Waals surface area (Å²) in [6, 6.07) is 1.63. The summed E-state index contributed by atoms with van der Waals surface area (Å²) in [5.74, 6) is -2.35. The molecule has 0 saturated heterocycles. The summed E-state index contributed by atoms with van der Waals surface area (Å²) < 4.78 is 0. The Bertz CT molecular complexity index is 684. The summed E-state index contributed by atoms with van der Waals surface area (Å²) in [5, 5.41) is 19.1. The fourth-order valence-electron chi connectivity index (χ4n) is 2.87. The maximum absolute atomic E-state index is 11.4. The monoisotopic (exact) mass is 245 g/mol. The van der Waals surface area contributed by atoms with Gasteiger partial charge in [-0.3, -0.25) is 0 Å². The van der Waals surface area contributed by atoms with Crippen LogP contribution in [0, 0.1) is 0 Å². The number of nitrogens with one attached hydrogen (secondary N) is 1. The predicted octanol–water partition coefficient (Wildman–Crippen LogP) is 2.05. The van der Waals surface area contributed by atoms with Crippen LogP contribution in [0.2, 0.25) is 0 Å². The van der Waals surface area contributed by atoms with Gasteiger partial charge in [-0.1, -0.05) is 0 Å². The molecule has 5 heteroatoms. The van der Waals surface area contributed by atoms with Gasteiger partial charge in [-0.15, -0.1) is 0 Å². The molecule has 0 radical (unpaired) electrons. The molecule has 0 fully saturated rings. The molecular formula is C13H11NO4. The Kier molecular flexibility index (Phi) is 2.16. The molecular weight excluding hydrogens is 234 g/mol. The highest BCUT2D eigenvalue weighted by molar-refractivity contribution is 6.13. The first-order valence-corrected chi connectivity index (χ1v) is 5.72. The summed E-state index contributed by atoms with van der Waals surface area (Å²) in [6.07, 6.45) is 3.95. The van der Waals surface area contributed by atoms with Gasteiger partial charge in [0.2, 0.25) is 0 Å². The van der Waals surface area contributed by atoms with Gasteiger partial charge in [-0.05, 0) is 36.5 Å². The average molecular weight is 245 g/mol.